The average Bonchev–Trinajstić information content (AvgIpc) is 3.07. The number of ketones is 1. The average molecular weight is 437 g/mol. The molecule has 170 valence electrons. The molecule has 1 aliphatic heterocycles. The Morgan fingerprint density at radius 2 is 1.66 bits per heavy atom. The second kappa shape index (κ2) is 11.0. The van der Waals surface area contributed by atoms with Gasteiger partial charge in [0.1, 0.15) is 5.75 Å². The normalized spacial score (nSPS) is 17.9. The van der Waals surface area contributed by atoms with Gasteiger partial charge >= 0.3 is 0 Å². The van der Waals surface area contributed by atoms with Crippen LogP contribution in [-0.4, -0.2) is 49.4 Å². The molecule has 0 radical (unpaired) electrons. The highest BCUT2D eigenvalue weighted by Crippen LogP contribution is 2.39. The van der Waals surface area contributed by atoms with Gasteiger partial charge in [-0.1, -0.05) is 48.2 Å². The molecule has 1 saturated heterocycles. The number of hydrogen-bond acceptors (Lipinski definition) is 4. The minimum Gasteiger partial charge on any atom is -0.872 e. The van der Waals surface area contributed by atoms with Crippen LogP contribution in [0.15, 0.2) is 60.2 Å². The van der Waals surface area contributed by atoms with E-state index in [2.05, 4.69) is 13.8 Å². The van der Waals surface area contributed by atoms with Crippen LogP contribution in [0, 0.1) is 0 Å². The molecular weight excluding hydrogens is 404 g/mol. The fourth-order valence-electron chi connectivity index (χ4n) is 4.21. The molecule has 0 aromatic heterocycles. The van der Waals surface area contributed by atoms with Crippen molar-refractivity contribution in [2.24, 2.45) is 0 Å². The second-order valence-corrected chi connectivity index (χ2v) is 7.90. The van der Waals surface area contributed by atoms with E-state index in [0.717, 1.165) is 31.6 Å². The van der Waals surface area contributed by atoms with E-state index < -0.39 is 17.7 Å². The molecule has 2 aromatic carbocycles. The summed E-state index contributed by atoms with van der Waals surface area (Å²) in [5.74, 6) is -0.982. The Balaban J connectivity index is 1.99. The van der Waals surface area contributed by atoms with Crippen LogP contribution < -0.4 is 14.7 Å². The van der Waals surface area contributed by atoms with Gasteiger partial charge in [0, 0.05) is 18.5 Å². The maximum atomic E-state index is 13.3. The van der Waals surface area contributed by atoms with E-state index in [-0.39, 0.29) is 11.3 Å². The molecule has 0 bridgehead atoms. The monoisotopic (exact) mass is 436 g/mol. The number of quaternary nitrogens is 1. The third-order valence-electron chi connectivity index (χ3n) is 6.00. The molecule has 1 atom stereocenters. The molecule has 0 spiro atoms. The summed E-state index contributed by atoms with van der Waals surface area (Å²) in [6.07, 6.45) is 0.760. The predicted octanol–water partition coefficient (Wildman–Crippen LogP) is 1.62. The van der Waals surface area contributed by atoms with Crippen LogP contribution in [-0.2, 0) is 9.59 Å². The van der Waals surface area contributed by atoms with Gasteiger partial charge in [0.05, 0.1) is 32.3 Å². The van der Waals surface area contributed by atoms with E-state index in [1.807, 2.05) is 37.3 Å². The summed E-state index contributed by atoms with van der Waals surface area (Å²) in [7, 11) is 0. The van der Waals surface area contributed by atoms with Gasteiger partial charge in [-0.15, -0.1) is 0 Å². The minimum atomic E-state index is -0.701. The van der Waals surface area contributed by atoms with Crippen molar-refractivity contribution in [1.29, 1.82) is 0 Å². The number of amides is 1. The molecule has 1 amide bonds. The van der Waals surface area contributed by atoms with Crippen molar-refractivity contribution in [3.05, 3.63) is 71.3 Å². The first kappa shape index (κ1) is 23.5. The number of ether oxygens (including phenoxy) is 1. The van der Waals surface area contributed by atoms with Crippen molar-refractivity contribution < 1.29 is 24.3 Å². The zero-order chi connectivity index (χ0) is 23.1. The largest absolute Gasteiger partial charge is 0.872 e. The van der Waals surface area contributed by atoms with Gasteiger partial charge in [0.2, 0.25) is 5.78 Å². The van der Waals surface area contributed by atoms with Crippen molar-refractivity contribution in [2.75, 3.05) is 32.8 Å². The number of benzene rings is 2. The number of likely N-dealkylation sites (tertiary alicyclic amines) is 1. The van der Waals surface area contributed by atoms with E-state index in [0.29, 0.717) is 24.5 Å². The van der Waals surface area contributed by atoms with Gasteiger partial charge in [-0.2, -0.15) is 0 Å². The topological polar surface area (TPSA) is 74.1 Å². The van der Waals surface area contributed by atoms with Crippen LogP contribution in [0.3, 0.4) is 0 Å². The molecule has 2 aromatic rings. The lowest BCUT2D eigenvalue weighted by molar-refractivity contribution is -0.896. The van der Waals surface area contributed by atoms with Crippen LogP contribution in [0.5, 0.6) is 5.75 Å². The lowest BCUT2D eigenvalue weighted by atomic mass is 9.95. The Morgan fingerprint density at radius 3 is 2.25 bits per heavy atom. The Kier molecular flexibility index (Phi) is 8.06. The van der Waals surface area contributed by atoms with E-state index in [1.54, 1.807) is 29.2 Å². The molecular formula is C26H32N2O4. The Morgan fingerprint density at radius 1 is 1.00 bits per heavy atom. The van der Waals surface area contributed by atoms with Gasteiger partial charge < -0.3 is 19.6 Å². The van der Waals surface area contributed by atoms with Crippen LogP contribution in [0.1, 0.15) is 44.4 Å². The third kappa shape index (κ3) is 5.02. The van der Waals surface area contributed by atoms with E-state index >= 15 is 0 Å². The quantitative estimate of drug-likeness (QED) is 0.349. The molecule has 1 unspecified atom stereocenters. The predicted molar refractivity (Wildman–Crippen MR) is 122 cm³/mol. The summed E-state index contributed by atoms with van der Waals surface area (Å²) in [5.41, 5.74) is 1.18. The van der Waals surface area contributed by atoms with Crippen LogP contribution in [0.2, 0.25) is 0 Å². The molecule has 1 N–H and O–H groups in total. The SMILES string of the molecule is CCOc1ccc(C2/C(=C(\[O-])c3ccccc3)C(=O)C(=O)N2CCC[NH+](CC)CC)cc1. The highest BCUT2D eigenvalue weighted by atomic mass is 16.5. The van der Waals surface area contributed by atoms with Crippen molar-refractivity contribution in [3.8, 4) is 5.75 Å². The fraction of sp³-hybridized carbons (Fsp3) is 0.385. The molecule has 0 aliphatic carbocycles. The smallest absolute Gasteiger partial charge is 0.295 e. The highest BCUT2D eigenvalue weighted by molar-refractivity contribution is 6.46. The standard InChI is InChI=1S/C26H32N2O4/c1-4-27(5-2)17-10-18-28-23(19-13-15-21(16-14-19)32-6-3)22(25(30)26(28)31)24(29)20-11-8-7-9-12-20/h7-9,11-16,23,29H,4-6,10,17-18H2,1-3H3/b24-22+. The number of carbonyl (C=O) groups excluding carboxylic acids is 2. The fourth-order valence-corrected chi connectivity index (χ4v) is 4.21. The number of rotatable bonds is 10. The summed E-state index contributed by atoms with van der Waals surface area (Å²) < 4.78 is 5.53. The maximum absolute atomic E-state index is 13.3. The van der Waals surface area contributed by atoms with E-state index in [1.165, 1.54) is 4.90 Å². The summed E-state index contributed by atoms with van der Waals surface area (Å²) in [4.78, 5) is 29.0. The number of nitrogens with one attached hydrogen (secondary N) is 1. The first-order valence-corrected chi connectivity index (χ1v) is 11.4. The molecule has 6 heteroatoms. The van der Waals surface area contributed by atoms with Crippen LogP contribution >= 0.6 is 0 Å². The summed E-state index contributed by atoms with van der Waals surface area (Å²) in [6, 6.07) is 15.3. The van der Waals surface area contributed by atoms with Gasteiger partial charge in [0.25, 0.3) is 5.91 Å². The van der Waals surface area contributed by atoms with Gasteiger partial charge in [-0.25, -0.2) is 0 Å². The Labute approximate surface area is 190 Å². The van der Waals surface area contributed by atoms with Gasteiger partial charge in [0.15, 0.2) is 0 Å². The van der Waals surface area contributed by atoms with Crippen molar-refractivity contribution in [1.82, 2.24) is 4.90 Å². The molecule has 1 fully saturated rings. The first-order chi connectivity index (χ1) is 15.5. The van der Waals surface area contributed by atoms with Gasteiger partial charge in [-0.05, 0) is 44.0 Å². The number of carbonyl (C=O) groups is 2. The second-order valence-electron chi connectivity index (χ2n) is 7.90. The van der Waals surface area contributed by atoms with Gasteiger partial charge in [-0.3, -0.25) is 9.59 Å². The Hall–Kier alpha value is -3.12. The lowest BCUT2D eigenvalue weighted by Gasteiger charge is -2.28. The van der Waals surface area contributed by atoms with Crippen molar-refractivity contribution >= 4 is 17.4 Å². The molecule has 1 heterocycles. The summed E-state index contributed by atoms with van der Waals surface area (Å²) in [6.45, 7) is 10.1. The molecule has 1 aliphatic rings. The maximum Gasteiger partial charge on any atom is 0.295 e. The molecule has 32 heavy (non-hydrogen) atoms. The summed E-state index contributed by atoms with van der Waals surface area (Å²) >= 11 is 0. The Bertz CT molecular complexity index is 950. The van der Waals surface area contributed by atoms with E-state index in [4.69, 9.17) is 4.74 Å². The van der Waals surface area contributed by atoms with Crippen molar-refractivity contribution in [3.63, 3.8) is 0 Å². The molecule has 0 saturated carbocycles. The van der Waals surface area contributed by atoms with Crippen LogP contribution in [0.4, 0.5) is 0 Å². The van der Waals surface area contributed by atoms with E-state index in [9.17, 15) is 14.7 Å². The van der Waals surface area contributed by atoms with Crippen LogP contribution in [0.25, 0.3) is 5.76 Å². The molecule has 3 rings (SSSR count). The number of hydrogen-bond donors (Lipinski definition) is 1. The molecule has 6 nitrogen and oxygen atoms in total. The number of nitrogens with zero attached hydrogens (tertiary/aromatic N) is 1. The number of Topliss-reactive ketones (excluding diaryl/α,β-unsaturated/α-hetero) is 1. The first-order valence-electron chi connectivity index (χ1n) is 11.4. The summed E-state index contributed by atoms with van der Waals surface area (Å²) in [5, 5.41) is 13.3. The lowest BCUT2D eigenvalue weighted by Crippen LogP contribution is -3.11. The third-order valence-corrected chi connectivity index (χ3v) is 6.00. The highest BCUT2D eigenvalue weighted by Gasteiger charge is 2.43. The zero-order valence-corrected chi connectivity index (χ0v) is 19.1. The van der Waals surface area contributed by atoms with Crippen molar-refractivity contribution in [2.45, 2.75) is 33.2 Å². The zero-order valence-electron chi connectivity index (χ0n) is 19.1. The minimum absolute atomic E-state index is 0.0283.